The number of carbonyl (C=O) groups is 2. The van der Waals surface area contributed by atoms with Crippen molar-refractivity contribution >= 4 is 23.1 Å². The number of aliphatic hydroxyl groups is 1. The molecule has 0 unspecified atom stereocenters. The van der Waals surface area contributed by atoms with Crippen molar-refractivity contribution in [3.05, 3.63) is 85.4 Å². The van der Waals surface area contributed by atoms with Gasteiger partial charge in [-0.25, -0.2) is 9.37 Å². The molecule has 8 nitrogen and oxygen atoms in total. The lowest BCUT2D eigenvalue weighted by Gasteiger charge is -2.39. The minimum atomic E-state index is -1.01. The summed E-state index contributed by atoms with van der Waals surface area (Å²) in [6.45, 7) is 4.95. The Morgan fingerprint density at radius 1 is 0.830 bits per heavy atom. The van der Waals surface area contributed by atoms with Gasteiger partial charge in [-0.1, -0.05) is 12.8 Å². The van der Waals surface area contributed by atoms with Crippen molar-refractivity contribution < 1.29 is 24.5 Å². The molecule has 3 aromatic carbocycles. The molecule has 8 heteroatoms. The second kappa shape index (κ2) is 12.5. The lowest BCUT2D eigenvalue weighted by Crippen LogP contribution is -2.45. The summed E-state index contributed by atoms with van der Waals surface area (Å²) in [7, 11) is 0. The third kappa shape index (κ3) is 5.21. The van der Waals surface area contributed by atoms with Gasteiger partial charge in [-0.2, -0.15) is 0 Å². The van der Waals surface area contributed by atoms with Gasteiger partial charge < -0.3 is 25.2 Å². The van der Waals surface area contributed by atoms with Crippen molar-refractivity contribution in [2.24, 2.45) is 0 Å². The molecule has 3 aromatic rings. The standard InChI is InChI=1S/C39H43N3O5/c43-20-4-2-1-3-15-40-38(44)26-13-14-27(39(45)46)30(23-26)33-31-21-24-9-5-16-41-18-7-11-28(34(24)41)36(31)47-37-29-12-8-19-42-17-6-10-25(35(29)42)22-32(33)37/h13-14,21-23,43H,1-12,15-20H2,(H-,40,44,45,46)/p+1. The Labute approximate surface area is 275 Å². The summed E-state index contributed by atoms with van der Waals surface area (Å²) in [5.41, 5.74) is 9.49. The van der Waals surface area contributed by atoms with Crippen LogP contribution in [0, 0.1) is 0 Å². The monoisotopic (exact) mass is 634 g/mol. The van der Waals surface area contributed by atoms with Crippen LogP contribution in [0.15, 0.2) is 30.3 Å². The fourth-order valence-corrected chi connectivity index (χ4v) is 8.78. The van der Waals surface area contributed by atoms with E-state index in [2.05, 4.69) is 26.9 Å². The number of rotatable bonds is 9. The molecule has 0 aromatic heterocycles. The number of carbonyl (C=O) groups excluding carboxylic acids is 1. The molecule has 0 aliphatic carbocycles. The molecular weight excluding hydrogens is 590 g/mol. The number of hydrogen-bond donors (Lipinski definition) is 3. The third-order valence-electron chi connectivity index (χ3n) is 10.8. The first-order valence-electron chi connectivity index (χ1n) is 17.7. The maximum absolute atomic E-state index is 13.5. The van der Waals surface area contributed by atoms with Crippen molar-refractivity contribution in [3.63, 3.8) is 0 Å². The Morgan fingerprint density at radius 3 is 2.43 bits per heavy atom. The van der Waals surface area contributed by atoms with Crippen LogP contribution in [0.4, 0.5) is 5.69 Å². The summed E-state index contributed by atoms with van der Waals surface area (Å²) < 4.78 is 9.65. The topological polar surface area (TPSA) is 102 Å². The van der Waals surface area contributed by atoms with Gasteiger partial charge in [-0.3, -0.25) is 4.79 Å². The summed E-state index contributed by atoms with van der Waals surface area (Å²) >= 11 is 0. The van der Waals surface area contributed by atoms with Crippen molar-refractivity contribution in [2.45, 2.75) is 77.0 Å². The fourth-order valence-electron chi connectivity index (χ4n) is 8.78. The molecule has 8 rings (SSSR count). The van der Waals surface area contributed by atoms with E-state index in [0.29, 0.717) is 17.7 Å². The molecule has 0 saturated carbocycles. The highest BCUT2D eigenvalue weighted by atomic mass is 16.5. The number of anilines is 1. The zero-order chi connectivity index (χ0) is 32.1. The molecular formula is C39H44N3O5+. The second-order valence-corrected chi connectivity index (χ2v) is 13.8. The first kappa shape index (κ1) is 30.2. The summed E-state index contributed by atoms with van der Waals surface area (Å²) in [5, 5.41) is 24.9. The Kier molecular flexibility index (Phi) is 8.00. The highest BCUT2D eigenvalue weighted by molar-refractivity contribution is 6.02. The smallest absolute Gasteiger partial charge is 0.336 e. The van der Waals surface area contributed by atoms with Gasteiger partial charge in [0.1, 0.15) is 24.6 Å². The number of nitrogens with zero attached hydrogens (tertiary/aromatic N) is 2. The van der Waals surface area contributed by atoms with Crippen LogP contribution in [0.25, 0.3) is 5.57 Å². The largest absolute Gasteiger partial charge is 0.478 e. The molecule has 0 atom stereocenters. The Bertz CT molecular complexity index is 1920. The van der Waals surface area contributed by atoms with Crippen molar-refractivity contribution in [2.75, 3.05) is 44.2 Å². The van der Waals surface area contributed by atoms with E-state index < -0.39 is 5.97 Å². The SMILES string of the molecule is O=C(NCCCCCCO)c1ccc(C(=O)O)c(C2=c3cc4c5c(c3Oc3c2cc2c6c3CCCN6CCC2)CCC[N+]=5CCC4)c1. The predicted octanol–water partition coefficient (Wildman–Crippen LogP) is 4.10. The van der Waals surface area contributed by atoms with Crippen molar-refractivity contribution in [1.82, 2.24) is 9.89 Å². The number of hydrogen-bond acceptors (Lipinski definition) is 5. The van der Waals surface area contributed by atoms with E-state index in [9.17, 15) is 14.7 Å². The van der Waals surface area contributed by atoms with Crippen LogP contribution in [0.1, 0.15) is 105 Å². The normalized spacial score (nSPS) is 17.3. The van der Waals surface area contributed by atoms with Crippen LogP contribution in [0.5, 0.6) is 11.5 Å². The number of ether oxygens (including phenoxy) is 1. The maximum atomic E-state index is 13.5. The molecule has 0 fully saturated rings. The number of aryl methyl sites for hydroxylation is 2. The molecule has 0 bridgehead atoms. The number of amides is 1. The molecule has 5 aliphatic heterocycles. The molecule has 1 amide bonds. The van der Waals surface area contributed by atoms with Crippen LogP contribution in [0.2, 0.25) is 0 Å². The highest BCUT2D eigenvalue weighted by Gasteiger charge is 2.36. The quantitative estimate of drug-likeness (QED) is 0.189. The summed E-state index contributed by atoms with van der Waals surface area (Å²) in [5.74, 6) is 0.534. The highest BCUT2D eigenvalue weighted by Crippen LogP contribution is 2.48. The molecule has 0 radical (unpaired) electrons. The second-order valence-electron chi connectivity index (χ2n) is 13.8. The lowest BCUT2D eigenvalue weighted by atomic mass is 9.81. The first-order valence-corrected chi connectivity index (χ1v) is 17.7. The van der Waals surface area contributed by atoms with Crippen LogP contribution in [0.3, 0.4) is 0 Å². The van der Waals surface area contributed by atoms with E-state index >= 15 is 0 Å². The average molecular weight is 635 g/mol. The van der Waals surface area contributed by atoms with Gasteiger partial charge in [-0.05, 0) is 92.8 Å². The molecule has 0 saturated heterocycles. The van der Waals surface area contributed by atoms with Gasteiger partial charge in [0, 0.05) is 77.8 Å². The number of carboxylic acid groups (broad SMARTS) is 1. The van der Waals surface area contributed by atoms with E-state index in [1.54, 1.807) is 18.2 Å². The number of aromatic carboxylic acids is 1. The van der Waals surface area contributed by atoms with Crippen LogP contribution < -0.4 is 30.1 Å². The van der Waals surface area contributed by atoms with E-state index in [-0.39, 0.29) is 18.1 Å². The number of unbranched alkanes of at least 4 members (excludes halogenated alkanes) is 3. The van der Waals surface area contributed by atoms with Crippen molar-refractivity contribution in [3.8, 4) is 11.5 Å². The van der Waals surface area contributed by atoms with Gasteiger partial charge in [-0.15, -0.1) is 0 Å². The van der Waals surface area contributed by atoms with Crippen LogP contribution in [-0.2, 0) is 25.7 Å². The molecule has 5 heterocycles. The van der Waals surface area contributed by atoms with E-state index in [4.69, 9.17) is 9.84 Å². The number of fused-ring (bicyclic) bond motifs is 4. The summed E-state index contributed by atoms with van der Waals surface area (Å²) in [6.07, 6.45) is 11.6. The van der Waals surface area contributed by atoms with Gasteiger partial charge in [0.05, 0.1) is 11.1 Å². The van der Waals surface area contributed by atoms with Crippen LogP contribution >= 0.6 is 0 Å². The Morgan fingerprint density at radius 2 is 1.60 bits per heavy atom. The molecule has 244 valence electrons. The number of carboxylic acids is 1. The van der Waals surface area contributed by atoms with Gasteiger partial charge in [0.15, 0.2) is 0 Å². The van der Waals surface area contributed by atoms with E-state index in [1.165, 1.54) is 33.3 Å². The minimum absolute atomic E-state index is 0.187. The number of aliphatic hydroxyl groups excluding tert-OH is 1. The molecule has 5 aliphatic rings. The van der Waals surface area contributed by atoms with Gasteiger partial charge in [0.2, 0.25) is 5.36 Å². The summed E-state index contributed by atoms with van der Waals surface area (Å²) in [4.78, 5) is 28.9. The summed E-state index contributed by atoms with van der Waals surface area (Å²) in [6, 6.07) is 9.58. The predicted molar refractivity (Wildman–Crippen MR) is 182 cm³/mol. The Balaban J connectivity index is 1.35. The molecule has 3 N–H and O–H groups in total. The molecule has 0 spiro atoms. The zero-order valence-corrected chi connectivity index (χ0v) is 27.1. The van der Waals surface area contributed by atoms with Gasteiger partial charge >= 0.3 is 5.97 Å². The first-order chi connectivity index (χ1) is 23.0. The fraction of sp³-hybridized carbons (Fsp3) is 0.462. The van der Waals surface area contributed by atoms with Gasteiger partial charge in [0.25, 0.3) is 5.91 Å². The third-order valence-corrected chi connectivity index (χ3v) is 10.8. The Hall–Kier alpha value is -4.17. The zero-order valence-electron chi connectivity index (χ0n) is 27.1. The lowest BCUT2D eigenvalue weighted by molar-refractivity contribution is 0.0696. The minimum Gasteiger partial charge on any atom is -0.478 e. The van der Waals surface area contributed by atoms with Crippen LogP contribution in [-0.4, -0.2) is 61.4 Å². The maximum Gasteiger partial charge on any atom is 0.336 e. The molecule has 47 heavy (non-hydrogen) atoms. The average Bonchev–Trinajstić information content (AvgIpc) is 3.09. The number of benzene rings is 3. The van der Waals surface area contributed by atoms with Crippen molar-refractivity contribution in [1.29, 1.82) is 0 Å². The number of nitrogens with one attached hydrogen (secondary N) is 1. The van der Waals surface area contributed by atoms with E-state index in [0.717, 1.165) is 131 Å². The van der Waals surface area contributed by atoms with E-state index in [1.807, 2.05) is 0 Å².